The molecule has 0 aliphatic rings. The third-order valence-electron chi connectivity index (χ3n) is 2.16. The topological polar surface area (TPSA) is 22.1 Å². The SMILES string of the molecule is C/C=C/C=C(\C)OCCCc1ccccn1.[CH]#[V]. The van der Waals surface area contributed by atoms with Crippen LogP contribution in [0, 0.1) is 5.04 Å². The number of hydrogen-bond acceptors (Lipinski definition) is 2. The van der Waals surface area contributed by atoms with Crippen molar-refractivity contribution in [1.82, 2.24) is 4.98 Å². The molecule has 0 fully saturated rings. The van der Waals surface area contributed by atoms with E-state index in [0.717, 1.165) is 30.9 Å². The van der Waals surface area contributed by atoms with Crippen LogP contribution in [-0.4, -0.2) is 11.6 Å². The van der Waals surface area contributed by atoms with Gasteiger partial charge in [-0.1, -0.05) is 18.2 Å². The fraction of sp³-hybridized carbons (Fsp3) is 0.333. The van der Waals surface area contributed by atoms with Gasteiger partial charge in [0.05, 0.1) is 12.4 Å². The molecule has 1 aromatic heterocycles. The Morgan fingerprint density at radius 3 is 2.83 bits per heavy atom. The summed E-state index contributed by atoms with van der Waals surface area (Å²) >= 11 is 1.81. The Morgan fingerprint density at radius 1 is 1.44 bits per heavy atom. The van der Waals surface area contributed by atoms with Crippen LogP contribution in [0.15, 0.2) is 48.4 Å². The molecule has 0 saturated carbocycles. The minimum absolute atomic E-state index is 0.746. The number of ether oxygens (including phenoxy) is 1. The first-order chi connectivity index (χ1) is 8.83. The van der Waals surface area contributed by atoms with Crippen LogP contribution >= 0.6 is 0 Å². The standard InChI is InChI=1S/C14H19NO.CH.V/c1-3-4-8-13(2)16-12-7-10-14-9-5-6-11-15-14;;/h3-6,8-9,11H,7,10,12H2,1-2H3;1H;/b4-3+,13-8+;;. The number of aromatic nitrogens is 1. The van der Waals surface area contributed by atoms with E-state index in [2.05, 4.69) is 10.0 Å². The van der Waals surface area contributed by atoms with Crippen molar-refractivity contribution < 1.29 is 21.5 Å². The second kappa shape index (κ2) is 12.3. The third-order valence-corrected chi connectivity index (χ3v) is 2.16. The summed E-state index contributed by atoms with van der Waals surface area (Å²) in [6.45, 7) is 4.71. The van der Waals surface area contributed by atoms with Gasteiger partial charge in [-0.05, 0) is 44.9 Å². The molecule has 0 spiro atoms. The van der Waals surface area contributed by atoms with E-state index in [4.69, 9.17) is 4.74 Å². The number of rotatable bonds is 6. The summed E-state index contributed by atoms with van der Waals surface area (Å²) in [6.07, 6.45) is 9.73. The van der Waals surface area contributed by atoms with Crippen LogP contribution in [0.2, 0.25) is 0 Å². The maximum atomic E-state index is 5.55. The normalized spacial score (nSPS) is 10.8. The van der Waals surface area contributed by atoms with Crippen molar-refractivity contribution in [2.45, 2.75) is 26.7 Å². The molecule has 0 N–H and O–H groups in total. The molecule has 2 nitrogen and oxygen atoms in total. The van der Waals surface area contributed by atoms with Gasteiger partial charge >= 0.3 is 21.8 Å². The monoisotopic (exact) mass is 281 g/mol. The van der Waals surface area contributed by atoms with Crippen molar-refractivity contribution in [3.05, 3.63) is 54.1 Å². The first kappa shape index (κ1) is 16.8. The molecule has 0 amide bonds. The third kappa shape index (κ3) is 8.89. The zero-order valence-corrected chi connectivity index (χ0v) is 12.4. The molecule has 96 valence electrons. The fourth-order valence-electron chi connectivity index (χ4n) is 1.31. The first-order valence-electron chi connectivity index (χ1n) is 5.91. The Labute approximate surface area is 119 Å². The molecule has 1 aromatic rings. The van der Waals surface area contributed by atoms with Crippen LogP contribution in [0.4, 0.5) is 0 Å². The summed E-state index contributed by atoms with van der Waals surface area (Å²) < 4.78 is 5.55. The van der Waals surface area contributed by atoms with E-state index in [-0.39, 0.29) is 0 Å². The van der Waals surface area contributed by atoms with E-state index in [1.54, 1.807) is 0 Å². The van der Waals surface area contributed by atoms with Gasteiger partial charge in [0.15, 0.2) is 0 Å². The zero-order valence-electron chi connectivity index (χ0n) is 11.0. The summed E-state index contributed by atoms with van der Waals surface area (Å²) in [5.41, 5.74) is 1.13. The van der Waals surface area contributed by atoms with Gasteiger partial charge < -0.3 is 4.74 Å². The number of nitrogens with zero attached hydrogens (tertiary/aromatic N) is 1. The van der Waals surface area contributed by atoms with Gasteiger partial charge in [-0.15, -0.1) is 0 Å². The zero-order chi connectivity index (χ0) is 13.6. The number of aryl methyl sites for hydroxylation is 1. The van der Waals surface area contributed by atoms with Crippen molar-refractivity contribution in [2.75, 3.05) is 6.61 Å². The van der Waals surface area contributed by atoms with Gasteiger partial charge in [-0.3, -0.25) is 4.98 Å². The molecule has 0 saturated heterocycles. The molecule has 1 rings (SSSR count). The number of pyridine rings is 1. The van der Waals surface area contributed by atoms with E-state index in [0.29, 0.717) is 0 Å². The van der Waals surface area contributed by atoms with Crippen LogP contribution in [0.5, 0.6) is 0 Å². The van der Waals surface area contributed by atoms with Crippen LogP contribution in [0.1, 0.15) is 26.0 Å². The van der Waals surface area contributed by atoms with Crippen LogP contribution < -0.4 is 0 Å². The van der Waals surface area contributed by atoms with Crippen molar-refractivity contribution >= 4 is 0 Å². The Kier molecular flexibility index (Phi) is 11.4. The quantitative estimate of drug-likeness (QED) is 0.451. The average Bonchev–Trinajstić information content (AvgIpc) is 2.44. The molecule has 18 heavy (non-hydrogen) atoms. The fourth-order valence-corrected chi connectivity index (χ4v) is 1.31. The Morgan fingerprint density at radius 2 is 2.22 bits per heavy atom. The summed E-state index contributed by atoms with van der Waals surface area (Å²) in [7, 11) is 0. The molecule has 0 atom stereocenters. The number of hydrogen-bond donors (Lipinski definition) is 0. The summed E-state index contributed by atoms with van der Waals surface area (Å²) in [5, 5.41) is 4.44. The molecule has 0 bridgehead atoms. The summed E-state index contributed by atoms with van der Waals surface area (Å²) in [4.78, 5) is 4.26. The van der Waals surface area contributed by atoms with Crippen LogP contribution in [0.25, 0.3) is 0 Å². The maximum absolute atomic E-state index is 5.55. The van der Waals surface area contributed by atoms with Crippen molar-refractivity contribution in [1.29, 1.82) is 0 Å². The van der Waals surface area contributed by atoms with E-state index < -0.39 is 0 Å². The van der Waals surface area contributed by atoms with E-state index in [9.17, 15) is 0 Å². The average molecular weight is 281 g/mol. The molecule has 0 radical (unpaired) electrons. The Hall–Kier alpha value is -1.21. The molecule has 0 aromatic carbocycles. The summed E-state index contributed by atoms with van der Waals surface area (Å²) in [6, 6.07) is 5.99. The Balaban J connectivity index is 0.00000137. The van der Waals surface area contributed by atoms with Crippen molar-refractivity contribution in [2.24, 2.45) is 0 Å². The predicted octanol–water partition coefficient (Wildman–Crippen LogP) is 3.63. The molecular formula is C15H20NOV. The molecule has 1 heterocycles. The van der Waals surface area contributed by atoms with E-state index in [1.807, 2.05) is 73.3 Å². The van der Waals surface area contributed by atoms with Crippen LogP contribution in [0.3, 0.4) is 0 Å². The minimum atomic E-state index is 0.746. The predicted molar refractivity (Wildman–Crippen MR) is 72.0 cm³/mol. The molecule has 3 heteroatoms. The van der Waals surface area contributed by atoms with E-state index in [1.165, 1.54) is 0 Å². The van der Waals surface area contributed by atoms with Gasteiger partial charge in [-0.2, -0.15) is 0 Å². The van der Waals surface area contributed by atoms with Gasteiger partial charge in [0, 0.05) is 11.9 Å². The van der Waals surface area contributed by atoms with Gasteiger partial charge in [0.1, 0.15) is 0 Å². The Bertz CT molecular complexity index is 382. The second-order valence-corrected chi connectivity index (χ2v) is 3.58. The summed E-state index contributed by atoms with van der Waals surface area (Å²) in [5.74, 6) is 0.958. The molecule has 0 unspecified atom stereocenters. The molecule has 0 aliphatic carbocycles. The van der Waals surface area contributed by atoms with Gasteiger partial charge in [0.25, 0.3) is 0 Å². The van der Waals surface area contributed by atoms with Gasteiger partial charge in [0.2, 0.25) is 0 Å². The van der Waals surface area contributed by atoms with Crippen LogP contribution in [-0.2, 0) is 27.9 Å². The molecular weight excluding hydrogens is 261 g/mol. The van der Waals surface area contributed by atoms with Crippen molar-refractivity contribution in [3.8, 4) is 5.04 Å². The van der Waals surface area contributed by atoms with Crippen molar-refractivity contribution in [3.63, 3.8) is 0 Å². The van der Waals surface area contributed by atoms with E-state index >= 15 is 0 Å². The first-order valence-corrected chi connectivity index (χ1v) is 6.71. The van der Waals surface area contributed by atoms with Gasteiger partial charge in [-0.25, -0.2) is 0 Å². The number of allylic oxidation sites excluding steroid dienone is 4. The molecule has 0 aliphatic heterocycles. The second-order valence-electron chi connectivity index (χ2n) is 3.58.